The highest BCUT2D eigenvalue weighted by Crippen LogP contribution is 2.44. The molecule has 0 bridgehead atoms. The first-order valence-electron chi connectivity index (χ1n) is 17.5. The smallest absolute Gasteiger partial charge is 0.352 e. The van der Waals surface area contributed by atoms with Crippen LogP contribution >= 0.6 is 23.5 Å². The standard InChI is InChI=1S/C36H37N11O9S2/c37-23(11-13-25(38)48)31(52)40-22-9-6-18(7-10-22)24-12-8-20(30(51)41-24)14-45(32(53)27(39)19-4-2-1-3-5-19)29-33(54)47-28(35(55)56)21(16-57-34(29)47)17-58-36-42-43-44-46(36)15-26(49)50/h1-10,12,23,27,29,34H,11,13-17,37,39H2,(H2,38,48)(H,40,52)(H,41,51)(H,49,50)(H,55,56)/t23-,27?,29?,34-/m0/s1. The number of carbonyl (C=O) groups excluding carboxylic acids is 4. The highest BCUT2D eigenvalue weighted by molar-refractivity contribution is 8.01. The van der Waals surface area contributed by atoms with Crippen molar-refractivity contribution in [1.82, 2.24) is 35.0 Å². The summed E-state index contributed by atoms with van der Waals surface area (Å²) < 4.78 is 1.05. The summed E-state index contributed by atoms with van der Waals surface area (Å²) >= 11 is 2.24. The summed E-state index contributed by atoms with van der Waals surface area (Å²) in [5, 5.41) is 32.3. The zero-order valence-corrected chi connectivity index (χ0v) is 32.0. The van der Waals surface area contributed by atoms with E-state index in [1.54, 1.807) is 60.7 Å². The van der Waals surface area contributed by atoms with Gasteiger partial charge in [0.1, 0.15) is 29.7 Å². The van der Waals surface area contributed by atoms with Gasteiger partial charge in [0.25, 0.3) is 11.5 Å². The molecule has 2 aliphatic heterocycles. The third kappa shape index (κ3) is 9.09. The number of aliphatic carboxylic acids is 2. The number of amides is 4. The van der Waals surface area contributed by atoms with Gasteiger partial charge in [-0.1, -0.05) is 54.2 Å². The number of tetrazole rings is 1. The van der Waals surface area contributed by atoms with Crippen LogP contribution in [0.15, 0.2) is 88.0 Å². The number of benzene rings is 2. The third-order valence-corrected chi connectivity index (χ3v) is 11.6. The van der Waals surface area contributed by atoms with Crippen molar-refractivity contribution in [2.75, 3.05) is 16.8 Å². The number of β-lactam (4-membered cyclic amide) rings is 1. The zero-order valence-electron chi connectivity index (χ0n) is 30.4. The predicted octanol–water partition coefficient (Wildman–Crippen LogP) is 0.0876. The number of carbonyl (C=O) groups is 6. The van der Waals surface area contributed by atoms with Gasteiger partial charge in [-0.15, -0.1) is 16.9 Å². The van der Waals surface area contributed by atoms with Crippen LogP contribution in [0.1, 0.15) is 30.0 Å². The molecular formula is C36H37N11O9S2. The Morgan fingerprint density at radius 3 is 2.40 bits per heavy atom. The first kappa shape index (κ1) is 41.3. The van der Waals surface area contributed by atoms with Gasteiger partial charge in [0.2, 0.25) is 22.9 Å². The molecule has 0 saturated carbocycles. The summed E-state index contributed by atoms with van der Waals surface area (Å²) in [4.78, 5) is 94.2. The Morgan fingerprint density at radius 1 is 1.02 bits per heavy atom. The molecule has 2 aliphatic rings. The molecule has 2 aromatic heterocycles. The van der Waals surface area contributed by atoms with E-state index in [0.717, 1.165) is 21.3 Å². The van der Waals surface area contributed by atoms with E-state index in [0.29, 0.717) is 28.1 Å². The van der Waals surface area contributed by atoms with Crippen molar-refractivity contribution in [3.05, 3.63) is 99.5 Å². The Balaban J connectivity index is 1.22. The summed E-state index contributed by atoms with van der Waals surface area (Å²) in [6.07, 6.45) is 0.0523. The second-order valence-electron chi connectivity index (χ2n) is 13.2. The molecular weight excluding hydrogens is 795 g/mol. The summed E-state index contributed by atoms with van der Waals surface area (Å²) in [5.41, 5.74) is 19.0. The van der Waals surface area contributed by atoms with Gasteiger partial charge in [-0.2, -0.15) is 0 Å². The zero-order chi connectivity index (χ0) is 41.7. The fraction of sp³-hybridized carbons (Fsp3) is 0.278. The number of fused-ring (bicyclic) bond motifs is 1. The van der Waals surface area contributed by atoms with Crippen molar-refractivity contribution < 1.29 is 39.0 Å². The maximum absolute atomic E-state index is 14.2. The maximum Gasteiger partial charge on any atom is 0.352 e. The summed E-state index contributed by atoms with van der Waals surface area (Å²) in [6.45, 7) is -0.839. The van der Waals surface area contributed by atoms with Crippen molar-refractivity contribution >= 4 is 64.8 Å². The summed E-state index contributed by atoms with van der Waals surface area (Å²) in [5.74, 6) is -4.78. The lowest BCUT2D eigenvalue weighted by atomic mass is 9.98. The normalized spacial score (nSPS) is 17.1. The molecule has 1 saturated heterocycles. The lowest BCUT2D eigenvalue weighted by Gasteiger charge is -2.53. The Morgan fingerprint density at radius 2 is 1.74 bits per heavy atom. The minimum atomic E-state index is -1.37. The van der Waals surface area contributed by atoms with E-state index in [2.05, 4.69) is 25.8 Å². The third-order valence-electron chi connectivity index (χ3n) is 9.26. The monoisotopic (exact) mass is 831 g/mol. The second-order valence-corrected chi connectivity index (χ2v) is 15.2. The quantitative estimate of drug-likeness (QED) is 0.0548. The highest BCUT2D eigenvalue weighted by Gasteiger charge is 2.57. The molecule has 10 N–H and O–H groups in total. The predicted molar refractivity (Wildman–Crippen MR) is 209 cm³/mol. The van der Waals surface area contributed by atoms with E-state index < -0.39 is 71.2 Å². The van der Waals surface area contributed by atoms with Crippen LogP contribution in [0.3, 0.4) is 0 Å². The molecule has 2 unspecified atom stereocenters. The van der Waals surface area contributed by atoms with Crippen LogP contribution in [-0.4, -0.2) is 110 Å². The van der Waals surface area contributed by atoms with Crippen LogP contribution in [-0.2, 0) is 41.9 Å². The molecule has 2 aromatic carbocycles. The Kier molecular flexibility index (Phi) is 12.7. The number of rotatable bonds is 17. The van der Waals surface area contributed by atoms with Gasteiger partial charge >= 0.3 is 11.9 Å². The van der Waals surface area contributed by atoms with Crippen molar-refractivity contribution in [2.24, 2.45) is 17.2 Å². The molecule has 4 amide bonds. The van der Waals surface area contributed by atoms with E-state index in [9.17, 15) is 38.7 Å². The Hall–Kier alpha value is -6.36. The number of aromatic amines is 1. The lowest BCUT2D eigenvalue weighted by Crippen LogP contribution is -2.71. The number of pyridine rings is 1. The molecule has 4 heterocycles. The number of hydrogen-bond donors (Lipinski definition) is 7. The van der Waals surface area contributed by atoms with Crippen LogP contribution in [0.4, 0.5) is 5.69 Å². The fourth-order valence-electron chi connectivity index (χ4n) is 6.28. The van der Waals surface area contributed by atoms with E-state index in [4.69, 9.17) is 22.3 Å². The van der Waals surface area contributed by atoms with Gasteiger partial charge in [-0.05, 0) is 57.8 Å². The molecule has 302 valence electrons. The molecule has 20 nitrogen and oxygen atoms in total. The molecule has 6 rings (SSSR count). The maximum atomic E-state index is 14.2. The average molecular weight is 832 g/mol. The largest absolute Gasteiger partial charge is 0.480 e. The lowest BCUT2D eigenvalue weighted by molar-refractivity contribution is -0.161. The van der Waals surface area contributed by atoms with Crippen LogP contribution < -0.4 is 28.1 Å². The molecule has 22 heteroatoms. The molecule has 0 aliphatic carbocycles. The summed E-state index contributed by atoms with van der Waals surface area (Å²) in [6, 6.07) is 14.8. The van der Waals surface area contributed by atoms with Crippen LogP contribution in [0.25, 0.3) is 11.3 Å². The number of hydrogen-bond acceptors (Lipinski definition) is 14. The number of nitrogens with two attached hydrogens (primary N) is 3. The SMILES string of the molecule is NC(=O)CC[C@H](N)C(=O)Nc1ccc(-c2ccc(CN(C(=O)C(N)c3ccccc3)C3C(=O)N4C(C(=O)O)=C(CSc5nnnn5CC(=O)O)CS[C@@H]34)c(=O)[nH]2)cc1. The number of H-pyrrole nitrogens is 1. The number of aromatic nitrogens is 5. The topological polar surface area (TPSA) is 316 Å². The fourth-order valence-corrected chi connectivity index (χ4v) is 8.71. The number of thioether (sulfide) groups is 2. The van der Waals surface area contributed by atoms with Gasteiger partial charge in [0.15, 0.2) is 0 Å². The number of carboxylic acid groups (broad SMARTS) is 2. The van der Waals surface area contributed by atoms with E-state index >= 15 is 0 Å². The molecule has 4 atom stereocenters. The van der Waals surface area contributed by atoms with Gasteiger partial charge in [0, 0.05) is 34.9 Å². The highest BCUT2D eigenvalue weighted by atomic mass is 32.2. The van der Waals surface area contributed by atoms with Gasteiger partial charge < -0.3 is 42.6 Å². The van der Waals surface area contributed by atoms with Crippen molar-refractivity contribution in [3.63, 3.8) is 0 Å². The molecule has 1 fully saturated rings. The number of nitrogens with one attached hydrogen (secondary N) is 2. The van der Waals surface area contributed by atoms with Crippen molar-refractivity contribution in [1.29, 1.82) is 0 Å². The van der Waals surface area contributed by atoms with Gasteiger partial charge in [-0.3, -0.25) is 33.7 Å². The Bertz CT molecular complexity index is 2340. The number of anilines is 1. The minimum Gasteiger partial charge on any atom is -0.480 e. The molecule has 4 aromatic rings. The summed E-state index contributed by atoms with van der Waals surface area (Å²) in [7, 11) is 0. The first-order valence-corrected chi connectivity index (χ1v) is 19.6. The van der Waals surface area contributed by atoms with Crippen LogP contribution in [0.2, 0.25) is 0 Å². The van der Waals surface area contributed by atoms with Crippen LogP contribution in [0.5, 0.6) is 0 Å². The minimum absolute atomic E-state index is 0.0307. The Labute approximate surface area is 337 Å². The van der Waals surface area contributed by atoms with Gasteiger partial charge in [-0.25, -0.2) is 9.48 Å². The first-order chi connectivity index (χ1) is 27.7. The van der Waals surface area contributed by atoms with Crippen molar-refractivity contribution in [2.45, 2.75) is 54.6 Å². The van der Waals surface area contributed by atoms with E-state index in [1.165, 1.54) is 22.7 Å². The number of carboxylic acids is 2. The second kappa shape index (κ2) is 17.8. The van der Waals surface area contributed by atoms with Crippen LogP contribution in [0, 0.1) is 0 Å². The molecule has 0 radical (unpaired) electrons. The van der Waals surface area contributed by atoms with Gasteiger partial charge in [0.05, 0.1) is 12.6 Å². The number of primary amides is 1. The van der Waals surface area contributed by atoms with E-state index in [1.807, 2.05) is 0 Å². The van der Waals surface area contributed by atoms with Crippen molar-refractivity contribution in [3.8, 4) is 11.3 Å². The molecule has 58 heavy (non-hydrogen) atoms. The molecule has 0 spiro atoms. The van der Waals surface area contributed by atoms with E-state index in [-0.39, 0.29) is 47.3 Å². The average Bonchev–Trinajstić information content (AvgIpc) is 3.64. The number of nitrogens with zero attached hydrogens (tertiary/aromatic N) is 6.